The van der Waals surface area contributed by atoms with Crippen LogP contribution in [0.5, 0.6) is 0 Å². The SMILES string of the molecule is [B]C1=C(NC(N)O)CC1. The first kappa shape index (κ1) is 6.64. The van der Waals surface area contributed by atoms with Crippen molar-refractivity contribution >= 4 is 7.85 Å². The van der Waals surface area contributed by atoms with Crippen molar-refractivity contribution < 1.29 is 5.11 Å². The van der Waals surface area contributed by atoms with E-state index in [0.717, 1.165) is 24.0 Å². The number of nitrogens with one attached hydrogen (secondary N) is 1. The highest BCUT2D eigenvalue weighted by Gasteiger charge is 2.12. The van der Waals surface area contributed by atoms with Crippen LogP contribution in [0.4, 0.5) is 0 Å². The molecule has 0 aromatic heterocycles. The summed E-state index contributed by atoms with van der Waals surface area (Å²) in [5.74, 6) is 0. The number of hydrogen-bond donors (Lipinski definition) is 3. The van der Waals surface area contributed by atoms with E-state index in [0.29, 0.717) is 0 Å². The zero-order chi connectivity index (χ0) is 6.85. The highest BCUT2D eigenvalue weighted by molar-refractivity contribution is 6.22. The van der Waals surface area contributed by atoms with Crippen molar-refractivity contribution in [2.24, 2.45) is 5.73 Å². The van der Waals surface area contributed by atoms with Crippen LogP contribution in [0.3, 0.4) is 0 Å². The molecular formula is C5H9BN2O. The first-order chi connectivity index (χ1) is 4.20. The number of rotatable bonds is 2. The molecule has 0 saturated carbocycles. The smallest absolute Gasteiger partial charge is 0.178 e. The monoisotopic (exact) mass is 124 g/mol. The van der Waals surface area contributed by atoms with Crippen LogP contribution >= 0.6 is 0 Å². The van der Waals surface area contributed by atoms with Crippen LogP contribution in [0.1, 0.15) is 12.8 Å². The van der Waals surface area contributed by atoms with E-state index in [-0.39, 0.29) is 0 Å². The molecule has 2 radical (unpaired) electrons. The predicted molar refractivity (Wildman–Crippen MR) is 35.3 cm³/mol. The molecule has 1 aliphatic carbocycles. The molecule has 0 bridgehead atoms. The second kappa shape index (κ2) is 2.41. The minimum Gasteiger partial charge on any atom is -0.361 e. The Labute approximate surface area is 55.3 Å². The first-order valence-electron chi connectivity index (χ1n) is 2.88. The summed E-state index contributed by atoms with van der Waals surface area (Å²) in [7, 11) is 5.42. The number of aliphatic hydroxyl groups is 1. The summed E-state index contributed by atoms with van der Waals surface area (Å²) in [6.45, 7) is 0. The molecule has 4 heteroatoms. The summed E-state index contributed by atoms with van der Waals surface area (Å²) in [5, 5.41) is 11.2. The van der Waals surface area contributed by atoms with Crippen molar-refractivity contribution in [3.05, 3.63) is 11.2 Å². The molecule has 0 amide bonds. The molecule has 1 rings (SSSR count). The zero-order valence-electron chi connectivity index (χ0n) is 5.09. The van der Waals surface area contributed by atoms with E-state index in [2.05, 4.69) is 5.32 Å². The quantitative estimate of drug-likeness (QED) is 0.326. The van der Waals surface area contributed by atoms with E-state index >= 15 is 0 Å². The summed E-state index contributed by atoms with van der Waals surface area (Å²) < 4.78 is 0. The molecule has 1 aliphatic rings. The Morgan fingerprint density at radius 3 is 2.44 bits per heavy atom. The lowest BCUT2D eigenvalue weighted by Gasteiger charge is -2.24. The van der Waals surface area contributed by atoms with Crippen molar-refractivity contribution in [3.63, 3.8) is 0 Å². The third kappa shape index (κ3) is 1.46. The maximum absolute atomic E-state index is 8.58. The van der Waals surface area contributed by atoms with Crippen LogP contribution < -0.4 is 11.1 Å². The number of allylic oxidation sites excluding steroid dienone is 2. The van der Waals surface area contributed by atoms with Crippen LogP contribution in [0.15, 0.2) is 11.2 Å². The number of hydrogen-bond acceptors (Lipinski definition) is 3. The zero-order valence-corrected chi connectivity index (χ0v) is 5.09. The van der Waals surface area contributed by atoms with Crippen LogP contribution in [0.25, 0.3) is 0 Å². The standard InChI is InChI=1S/C5H9BN2O/c6-3-1-2-4(3)8-5(7)9/h5,8-9H,1-2,7H2. The van der Waals surface area contributed by atoms with Gasteiger partial charge in [-0.15, -0.1) is 0 Å². The second-order valence-electron chi connectivity index (χ2n) is 2.09. The number of nitrogens with two attached hydrogens (primary N) is 1. The average Bonchev–Trinajstić information content (AvgIpc) is 1.79. The Kier molecular flexibility index (Phi) is 1.78. The van der Waals surface area contributed by atoms with Crippen molar-refractivity contribution in [1.82, 2.24) is 5.32 Å². The highest BCUT2D eigenvalue weighted by Crippen LogP contribution is 2.21. The van der Waals surface area contributed by atoms with Gasteiger partial charge in [0, 0.05) is 5.70 Å². The summed E-state index contributed by atoms with van der Waals surface area (Å²) >= 11 is 0. The van der Waals surface area contributed by atoms with Crippen LogP contribution in [-0.4, -0.2) is 19.3 Å². The van der Waals surface area contributed by atoms with E-state index in [1.54, 1.807) is 0 Å². The van der Waals surface area contributed by atoms with Crippen LogP contribution in [0, 0.1) is 0 Å². The Hall–Kier alpha value is -0.475. The van der Waals surface area contributed by atoms with Gasteiger partial charge in [0.25, 0.3) is 0 Å². The fourth-order valence-corrected chi connectivity index (χ4v) is 0.738. The van der Waals surface area contributed by atoms with E-state index in [9.17, 15) is 0 Å². The Morgan fingerprint density at radius 2 is 2.33 bits per heavy atom. The first-order valence-corrected chi connectivity index (χ1v) is 2.88. The maximum Gasteiger partial charge on any atom is 0.178 e. The van der Waals surface area contributed by atoms with Gasteiger partial charge < -0.3 is 10.4 Å². The van der Waals surface area contributed by atoms with Gasteiger partial charge >= 0.3 is 0 Å². The van der Waals surface area contributed by atoms with Crippen molar-refractivity contribution in [2.75, 3.05) is 0 Å². The van der Waals surface area contributed by atoms with E-state index in [1.807, 2.05) is 0 Å². The normalized spacial score (nSPS) is 21.1. The summed E-state index contributed by atoms with van der Waals surface area (Å²) in [6, 6.07) is 0. The molecule has 1 unspecified atom stereocenters. The molecule has 0 fully saturated rings. The van der Waals surface area contributed by atoms with E-state index in [4.69, 9.17) is 18.7 Å². The lowest BCUT2D eigenvalue weighted by molar-refractivity contribution is 0.153. The molecule has 0 heterocycles. The van der Waals surface area contributed by atoms with E-state index < -0.39 is 6.35 Å². The van der Waals surface area contributed by atoms with E-state index in [1.165, 1.54) is 0 Å². The Bertz CT molecular complexity index is 144. The molecule has 9 heavy (non-hydrogen) atoms. The van der Waals surface area contributed by atoms with Gasteiger partial charge in [0.05, 0.1) is 0 Å². The van der Waals surface area contributed by atoms with Gasteiger partial charge in [0.15, 0.2) is 6.35 Å². The molecule has 1 atom stereocenters. The van der Waals surface area contributed by atoms with Gasteiger partial charge in [0.2, 0.25) is 0 Å². The molecule has 0 aromatic carbocycles. The largest absolute Gasteiger partial charge is 0.361 e. The van der Waals surface area contributed by atoms with Gasteiger partial charge in [-0.3, -0.25) is 5.73 Å². The van der Waals surface area contributed by atoms with Crippen LogP contribution in [0.2, 0.25) is 0 Å². The minimum absolute atomic E-state index is 0.805. The fraction of sp³-hybridized carbons (Fsp3) is 0.600. The van der Waals surface area contributed by atoms with Crippen molar-refractivity contribution in [3.8, 4) is 0 Å². The van der Waals surface area contributed by atoms with Crippen LogP contribution in [-0.2, 0) is 0 Å². The molecule has 48 valence electrons. The average molecular weight is 124 g/mol. The van der Waals surface area contributed by atoms with Gasteiger partial charge in [-0.2, -0.15) is 0 Å². The third-order valence-electron chi connectivity index (χ3n) is 1.35. The molecule has 0 aromatic rings. The molecule has 0 saturated heterocycles. The molecular weight excluding hydrogens is 115 g/mol. The lowest BCUT2D eigenvalue weighted by atomic mass is 9.79. The van der Waals surface area contributed by atoms with Gasteiger partial charge in [-0.25, -0.2) is 0 Å². The molecule has 0 aliphatic heterocycles. The molecule has 4 N–H and O–H groups in total. The lowest BCUT2D eigenvalue weighted by Crippen LogP contribution is -2.38. The van der Waals surface area contributed by atoms with Gasteiger partial charge in [-0.05, 0) is 12.8 Å². The predicted octanol–water partition coefficient (Wildman–Crippen LogP) is -1.02. The summed E-state index contributed by atoms with van der Waals surface area (Å²) in [5.41, 5.74) is 6.70. The van der Waals surface area contributed by atoms with Gasteiger partial charge in [-0.1, -0.05) is 5.47 Å². The molecule has 3 nitrogen and oxygen atoms in total. The Balaban J connectivity index is 2.37. The van der Waals surface area contributed by atoms with Gasteiger partial charge in [0.1, 0.15) is 7.85 Å². The topological polar surface area (TPSA) is 58.3 Å². The Morgan fingerprint density at radius 1 is 1.67 bits per heavy atom. The fourth-order valence-electron chi connectivity index (χ4n) is 0.738. The molecule has 0 spiro atoms. The summed E-state index contributed by atoms with van der Waals surface area (Å²) in [6.07, 6.45) is 0.841. The third-order valence-corrected chi connectivity index (χ3v) is 1.35. The summed E-state index contributed by atoms with van der Waals surface area (Å²) in [4.78, 5) is 0. The second-order valence-corrected chi connectivity index (χ2v) is 2.09. The highest BCUT2D eigenvalue weighted by atomic mass is 16.3. The number of aliphatic hydroxyl groups excluding tert-OH is 1. The minimum atomic E-state index is -0.973. The van der Waals surface area contributed by atoms with Crippen molar-refractivity contribution in [1.29, 1.82) is 0 Å². The maximum atomic E-state index is 8.58. The van der Waals surface area contributed by atoms with Crippen molar-refractivity contribution in [2.45, 2.75) is 19.2 Å².